The van der Waals surface area contributed by atoms with Crippen molar-refractivity contribution in [2.75, 3.05) is 0 Å². The zero-order chi connectivity index (χ0) is 14.5. The van der Waals surface area contributed by atoms with Gasteiger partial charge in [-0.05, 0) is 43.0 Å². The number of unbranched alkanes of at least 4 members (excludes halogenated alkanes) is 4. The molecule has 0 aromatic heterocycles. The zero-order valence-electron chi connectivity index (χ0n) is 12.3. The number of benzene rings is 2. The van der Waals surface area contributed by atoms with Gasteiger partial charge in [-0.25, -0.2) is 8.78 Å². The molecule has 0 nitrogen and oxygen atoms in total. The molecule has 20 heavy (non-hydrogen) atoms. The van der Waals surface area contributed by atoms with Gasteiger partial charge >= 0.3 is 0 Å². The Hall–Kier alpha value is -1.44. The normalized spacial score (nSPS) is 11.2. The molecular weight excluding hydrogens is 254 g/mol. The van der Waals surface area contributed by atoms with Crippen molar-refractivity contribution in [3.8, 4) is 0 Å². The zero-order valence-corrected chi connectivity index (χ0v) is 12.3. The van der Waals surface area contributed by atoms with Crippen LogP contribution in [0.5, 0.6) is 0 Å². The number of hydrogen-bond acceptors (Lipinski definition) is 0. The molecule has 2 aromatic rings. The molecule has 0 bridgehead atoms. The van der Waals surface area contributed by atoms with Crippen LogP contribution < -0.4 is 0 Å². The van der Waals surface area contributed by atoms with Crippen molar-refractivity contribution >= 4 is 10.8 Å². The minimum atomic E-state index is -0.327. The van der Waals surface area contributed by atoms with Gasteiger partial charge in [0, 0.05) is 10.8 Å². The highest BCUT2D eigenvalue weighted by Crippen LogP contribution is 2.25. The van der Waals surface area contributed by atoms with Crippen LogP contribution in [0.25, 0.3) is 10.8 Å². The maximum absolute atomic E-state index is 13.9. The van der Waals surface area contributed by atoms with Gasteiger partial charge in [0.25, 0.3) is 0 Å². The Balaban J connectivity index is 2.13. The Morgan fingerprint density at radius 2 is 1.65 bits per heavy atom. The smallest absolute Gasteiger partial charge is 0.134 e. The summed E-state index contributed by atoms with van der Waals surface area (Å²) in [6.07, 6.45) is 7.02. The van der Waals surface area contributed by atoms with Crippen LogP contribution in [-0.4, -0.2) is 0 Å². The van der Waals surface area contributed by atoms with Crippen molar-refractivity contribution in [1.29, 1.82) is 0 Å². The summed E-state index contributed by atoms with van der Waals surface area (Å²) in [5, 5.41) is 0.788. The summed E-state index contributed by atoms with van der Waals surface area (Å²) in [5.74, 6) is -0.636. The molecule has 108 valence electrons. The molecule has 0 radical (unpaired) electrons. The lowest BCUT2D eigenvalue weighted by Gasteiger charge is -2.07. The van der Waals surface area contributed by atoms with E-state index in [1.807, 2.05) is 6.07 Å². The van der Waals surface area contributed by atoms with E-state index in [0.29, 0.717) is 16.3 Å². The minimum absolute atomic E-state index is 0.309. The maximum Gasteiger partial charge on any atom is 0.134 e. The summed E-state index contributed by atoms with van der Waals surface area (Å²) < 4.78 is 27.9. The summed E-state index contributed by atoms with van der Waals surface area (Å²) in [4.78, 5) is 0. The molecule has 0 aliphatic carbocycles. The molecule has 0 atom stereocenters. The molecule has 0 saturated carbocycles. The van der Waals surface area contributed by atoms with Crippen LogP contribution in [0, 0.1) is 18.6 Å². The predicted molar refractivity (Wildman–Crippen MR) is 81.1 cm³/mol. The molecule has 0 heterocycles. The molecule has 0 spiro atoms. The second-order valence-corrected chi connectivity index (χ2v) is 5.53. The van der Waals surface area contributed by atoms with Gasteiger partial charge in [0.1, 0.15) is 11.6 Å². The maximum atomic E-state index is 13.9. The average molecular weight is 276 g/mol. The van der Waals surface area contributed by atoms with E-state index >= 15 is 0 Å². The highest BCUT2D eigenvalue weighted by Gasteiger charge is 2.10. The highest BCUT2D eigenvalue weighted by molar-refractivity contribution is 5.85. The van der Waals surface area contributed by atoms with Crippen LogP contribution in [-0.2, 0) is 6.42 Å². The molecule has 0 aliphatic rings. The molecular formula is C18H22F2. The number of rotatable bonds is 6. The van der Waals surface area contributed by atoms with Crippen LogP contribution >= 0.6 is 0 Å². The van der Waals surface area contributed by atoms with Crippen molar-refractivity contribution in [2.24, 2.45) is 0 Å². The SMILES string of the molecule is CCCCCCCc1ccc2c(F)c(C)cc(F)c2c1. The number of fused-ring (bicyclic) bond motifs is 1. The lowest BCUT2D eigenvalue weighted by atomic mass is 10.00. The van der Waals surface area contributed by atoms with Crippen LogP contribution in [0.4, 0.5) is 8.78 Å². The molecule has 0 fully saturated rings. The fraction of sp³-hybridized carbons (Fsp3) is 0.444. The van der Waals surface area contributed by atoms with E-state index in [4.69, 9.17) is 0 Å². The van der Waals surface area contributed by atoms with E-state index in [-0.39, 0.29) is 11.6 Å². The molecule has 2 heteroatoms. The topological polar surface area (TPSA) is 0 Å². The molecule has 0 N–H and O–H groups in total. The van der Waals surface area contributed by atoms with Gasteiger partial charge in [-0.3, -0.25) is 0 Å². The van der Waals surface area contributed by atoms with Crippen LogP contribution in [0.15, 0.2) is 24.3 Å². The van der Waals surface area contributed by atoms with Crippen molar-refractivity contribution in [3.05, 3.63) is 47.0 Å². The standard InChI is InChI=1S/C18H22F2/c1-3-4-5-6-7-8-14-9-10-15-16(12-14)17(19)11-13(2)18(15)20/h9-12H,3-8H2,1-2H3. The second kappa shape index (κ2) is 6.83. The first-order chi connectivity index (χ1) is 9.63. The number of hydrogen-bond donors (Lipinski definition) is 0. The third kappa shape index (κ3) is 3.36. The van der Waals surface area contributed by atoms with E-state index in [2.05, 4.69) is 6.92 Å². The van der Waals surface area contributed by atoms with Gasteiger partial charge in [0.15, 0.2) is 0 Å². The quantitative estimate of drug-likeness (QED) is 0.573. The summed E-state index contributed by atoms with van der Waals surface area (Å²) in [6.45, 7) is 3.79. The van der Waals surface area contributed by atoms with E-state index in [0.717, 1.165) is 18.4 Å². The molecule has 0 unspecified atom stereocenters. The summed E-state index contributed by atoms with van der Waals surface area (Å²) in [6, 6.07) is 6.71. The van der Waals surface area contributed by atoms with Crippen molar-refractivity contribution < 1.29 is 8.78 Å². The number of aryl methyl sites for hydroxylation is 2. The summed E-state index contributed by atoms with van der Waals surface area (Å²) in [7, 11) is 0. The Bertz CT molecular complexity index is 587. The van der Waals surface area contributed by atoms with E-state index in [1.54, 1.807) is 19.1 Å². The van der Waals surface area contributed by atoms with Gasteiger partial charge in [0.05, 0.1) is 0 Å². The lowest BCUT2D eigenvalue weighted by Crippen LogP contribution is -1.92. The van der Waals surface area contributed by atoms with Crippen molar-refractivity contribution in [2.45, 2.75) is 52.4 Å². The number of halogens is 2. The third-order valence-electron chi connectivity index (χ3n) is 3.84. The molecule has 2 aromatic carbocycles. The lowest BCUT2D eigenvalue weighted by molar-refractivity contribution is 0.609. The Kier molecular flexibility index (Phi) is 5.11. The largest absolute Gasteiger partial charge is 0.206 e. The van der Waals surface area contributed by atoms with Gasteiger partial charge in [-0.2, -0.15) is 0 Å². The summed E-state index contributed by atoms with van der Waals surface area (Å²) in [5.41, 5.74) is 1.46. The Morgan fingerprint density at radius 3 is 2.40 bits per heavy atom. The Morgan fingerprint density at radius 1 is 0.900 bits per heavy atom. The molecule has 0 saturated heterocycles. The van der Waals surface area contributed by atoms with Gasteiger partial charge in [-0.15, -0.1) is 0 Å². The minimum Gasteiger partial charge on any atom is -0.206 e. The van der Waals surface area contributed by atoms with Gasteiger partial charge in [-0.1, -0.05) is 44.7 Å². The van der Waals surface area contributed by atoms with Gasteiger partial charge < -0.3 is 0 Å². The van der Waals surface area contributed by atoms with Crippen molar-refractivity contribution in [3.63, 3.8) is 0 Å². The fourth-order valence-electron chi connectivity index (χ4n) is 2.61. The third-order valence-corrected chi connectivity index (χ3v) is 3.84. The first kappa shape index (κ1) is 15.0. The first-order valence-electron chi connectivity index (χ1n) is 7.50. The first-order valence-corrected chi connectivity index (χ1v) is 7.50. The van der Waals surface area contributed by atoms with Gasteiger partial charge in [0.2, 0.25) is 0 Å². The monoisotopic (exact) mass is 276 g/mol. The molecule has 0 aliphatic heterocycles. The molecule has 2 rings (SSSR count). The Labute approximate surface area is 119 Å². The second-order valence-electron chi connectivity index (χ2n) is 5.53. The van der Waals surface area contributed by atoms with Crippen LogP contribution in [0.3, 0.4) is 0 Å². The summed E-state index contributed by atoms with van der Waals surface area (Å²) >= 11 is 0. The predicted octanol–water partition coefficient (Wildman–Crippen LogP) is 5.94. The van der Waals surface area contributed by atoms with Crippen molar-refractivity contribution in [1.82, 2.24) is 0 Å². The van der Waals surface area contributed by atoms with E-state index < -0.39 is 0 Å². The molecule has 0 amide bonds. The van der Waals surface area contributed by atoms with E-state index in [9.17, 15) is 8.78 Å². The average Bonchev–Trinajstić information content (AvgIpc) is 2.44. The van der Waals surface area contributed by atoms with Crippen LogP contribution in [0.2, 0.25) is 0 Å². The van der Waals surface area contributed by atoms with E-state index in [1.165, 1.54) is 31.7 Å². The van der Waals surface area contributed by atoms with Crippen LogP contribution in [0.1, 0.15) is 50.2 Å². The highest BCUT2D eigenvalue weighted by atomic mass is 19.1. The fourth-order valence-corrected chi connectivity index (χ4v) is 2.61.